The molecule has 0 aliphatic carbocycles. The minimum Gasteiger partial charge on any atom is -0.311 e. The number of nitrogens with zero attached hydrogens (tertiary/aromatic N) is 4. The summed E-state index contributed by atoms with van der Waals surface area (Å²) in [4.78, 5) is 48.5. The normalized spacial score (nSPS) is 17.4. The summed E-state index contributed by atoms with van der Waals surface area (Å²) in [6.45, 7) is 7.35. The van der Waals surface area contributed by atoms with Crippen LogP contribution in [0.15, 0.2) is 36.7 Å². The monoisotopic (exact) mass is 422 g/mol. The molecule has 0 bridgehead atoms. The summed E-state index contributed by atoms with van der Waals surface area (Å²) >= 11 is 0. The molecule has 31 heavy (non-hydrogen) atoms. The van der Waals surface area contributed by atoms with Crippen molar-refractivity contribution in [2.24, 2.45) is 0 Å². The van der Waals surface area contributed by atoms with Crippen LogP contribution in [0, 0.1) is 13.8 Å². The smallest absolute Gasteiger partial charge is 0.311 e. The van der Waals surface area contributed by atoms with Crippen LogP contribution in [-0.4, -0.2) is 63.9 Å². The Labute approximate surface area is 181 Å². The third kappa shape index (κ3) is 4.59. The Morgan fingerprint density at radius 2 is 1.71 bits per heavy atom. The number of aryl methyl sites for hydroxylation is 2. The van der Waals surface area contributed by atoms with Crippen molar-refractivity contribution in [1.29, 1.82) is 0 Å². The van der Waals surface area contributed by atoms with E-state index < -0.39 is 17.9 Å². The lowest BCUT2D eigenvalue weighted by atomic mass is 9.98. The molecule has 0 saturated carbocycles. The van der Waals surface area contributed by atoms with Gasteiger partial charge in [0, 0.05) is 58.0 Å². The van der Waals surface area contributed by atoms with Crippen LogP contribution in [-0.2, 0) is 21.0 Å². The third-order valence-corrected chi connectivity index (χ3v) is 5.87. The van der Waals surface area contributed by atoms with Crippen LogP contribution < -0.4 is 0 Å². The first kappa shape index (κ1) is 21.0. The number of aromatic nitrogens is 1. The van der Waals surface area contributed by atoms with Crippen LogP contribution in [0.2, 0.25) is 0 Å². The van der Waals surface area contributed by atoms with Crippen LogP contribution in [0.1, 0.15) is 29.5 Å². The average Bonchev–Trinajstić information content (AvgIpc) is 3.08. The van der Waals surface area contributed by atoms with E-state index in [9.17, 15) is 14.4 Å². The maximum absolute atomic E-state index is 12.3. The average molecular weight is 422 g/mol. The molecule has 162 valence electrons. The molecule has 0 unspecified atom stereocenters. The summed E-state index contributed by atoms with van der Waals surface area (Å²) in [6.07, 6.45) is 3.23. The van der Waals surface area contributed by atoms with E-state index in [1.807, 2.05) is 18.5 Å². The zero-order valence-corrected chi connectivity index (χ0v) is 17.8. The van der Waals surface area contributed by atoms with Gasteiger partial charge in [0.2, 0.25) is 0 Å². The Morgan fingerprint density at radius 1 is 1.00 bits per heavy atom. The van der Waals surface area contributed by atoms with Gasteiger partial charge in [0.15, 0.2) is 0 Å². The summed E-state index contributed by atoms with van der Waals surface area (Å²) in [5, 5.41) is 0.601. The van der Waals surface area contributed by atoms with Crippen LogP contribution in [0.4, 0.5) is 4.79 Å². The molecule has 2 fully saturated rings. The molecule has 4 rings (SSSR count). The van der Waals surface area contributed by atoms with Gasteiger partial charge in [0.25, 0.3) is 11.8 Å². The van der Waals surface area contributed by atoms with E-state index in [0.29, 0.717) is 31.2 Å². The Hall–Kier alpha value is -3.26. The van der Waals surface area contributed by atoms with Crippen LogP contribution in [0.3, 0.4) is 0 Å². The minimum absolute atomic E-state index is 0.0960. The number of pyridine rings is 1. The molecule has 1 aromatic carbocycles. The SMILES string of the molecule is Cc1cc(-c2ccncc2C)ccc1CN1CCN(C(=O)ON2C(=O)CCC2=O)CC1. The van der Waals surface area contributed by atoms with Gasteiger partial charge in [0.1, 0.15) is 0 Å². The fraction of sp³-hybridized carbons (Fsp3) is 0.391. The van der Waals surface area contributed by atoms with Gasteiger partial charge in [-0.15, -0.1) is 5.06 Å². The minimum atomic E-state index is -0.642. The van der Waals surface area contributed by atoms with Crippen LogP contribution in [0.5, 0.6) is 0 Å². The second kappa shape index (κ2) is 8.85. The lowest BCUT2D eigenvalue weighted by Crippen LogP contribution is -2.50. The Bertz CT molecular complexity index is 998. The van der Waals surface area contributed by atoms with Crippen molar-refractivity contribution < 1.29 is 19.2 Å². The second-order valence-corrected chi connectivity index (χ2v) is 8.03. The fourth-order valence-electron chi connectivity index (χ4n) is 3.96. The topological polar surface area (TPSA) is 83.1 Å². The van der Waals surface area contributed by atoms with Crippen molar-refractivity contribution >= 4 is 17.9 Å². The third-order valence-electron chi connectivity index (χ3n) is 5.87. The molecule has 8 heteroatoms. The van der Waals surface area contributed by atoms with E-state index in [0.717, 1.165) is 12.1 Å². The van der Waals surface area contributed by atoms with E-state index >= 15 is 0 Å². The zero-order chi connectivity index (χ0) is 22.0. The molecule has 0 spiro atoms. The molecule has 1 aromatic heterocycles. The summed E-state index contributed by atoms with van der Waals surface area (Å²) < 4.78 is 0. The van der Waals surface area contributed by atoms with Gasteiger partial charge in [-0.3, -0.25) is 19.5 Å². The number of rotatable bonds is 4. The number of hydrogen-bond donors (Lipinski definition) is 0. The quantitative estimate of drug-likeness (QED) is 0.705. The fourth-order valence-corrected chi connectivity index (χ4v) is 3.96. The van der Waals surface area contributed by atoms with Gasteiger partial charge in [-0.1, -0.05) is 18.2 Å². The van der Waals surface area contributed by atoms with Gasteiger partial charge >= 0.3 is 6.09 Å². The summed E-state index contributed by atoms with van der Waals surface area (Å²) in [7, 11) is 0. The maximum atomic E-state index is 12.3. The molecule has 3 amide bonds. The summed E-state index contributed by atoms with van der Waals surface area (Å²) in [5.74, 6) is -0.921. The molecule has 2 aromatic rings. The van der Waals surface area contributed by atoms with E-state index in [1.54, 1.807) is 0 Å². The van der Waals surface area contributed by atoms with E-state index in [2.05, 4.69) is 41.9 Å². The predicted octanol–water partition coefficient (Wildman–Crippen LogP) is 2.68. The molecule has 8 nitrogen and oxygen atoms in total. The molecule has 0 atom stereocenters. The second-order valence-electron chi connectivity index (χ2n) is 8.03. The highest BCUT2D eigenvalue weighted by atomic mass is 16.7. The number of hydroxylamine groups is 2. The molecule has 2 saturated heterocycles. The van der Waals surface area contributed by atoms with Crippen molar-refractivity contribution in [3.63, 3.8) is 0 Å². The number of carbonyl (C=O) groups excluding carboxylic acids is 3. The van der Waals surface area contributed by atoms with Crippen molar-refractivity contribution in [1.82, 2.24) is 19.8 Å². The molecular formula is C23H26N4O4. The first-order valence-corrected chi connectivity index (χ1v) is 10.5. The maximum Gasteiger partial charge on any atom is 0.434 e. The molecule has 3 heterocycles. The number of imide groups is 1. The summed E-state index contributed by atoms with van der Waals surface area (Å²) in [5.41, 5.74) is 5.99. The molecule has 2 aliphatic rings. The first-order chi connectivity index (χ1) is 14.9. The standard InChI is InChI=1S/C23H26N4O4/c1-16-13-18(20-7-8-24-14-17(20)2)3-4-19(16)15-25-9-11-26(12-10-25)23(30)31-27-21(28)5-6-22(27)29/h3-4,7-8,13-14H,5-6,9-12,15H2,1-2H3. The molecule has 0 N–H and O–H groups in total. The van der Waals surface area contributed by atoms with E-state index in [-0.39, 0.29) is 12.8 Å². The number of hydrogen-bond acceptors (Lipinski definition) is 6. The number of amides is 3. The van der Waals surface area contributed by atoms with Gasteiger partial charge in [-0.05, 0) is 47.7 Å². The van der Waals surface area contributed by atoms with Crippen LogP contribution in [0.25, 0.3) is 11.1 Å². The van der Waals surface area contributed by atoms with Crippen molar-refractivity contribution in [2.75, 3.05) is 26.2 Å². The largest absolute Gasteiger partial charge is 0.434 e. The molecule has 2 aliphatic heterocycles. The van der Waals surface area contributed by atoms with Crippen molar-refractivity contribution in [3.8, 4) is 11.1 Å². The van der Waals surface area contributed by atoms with Crippen molar-refractivity contribution in [3.05, 3.63) is 53.3 Å². The van der Waals surface area contributed by atoms with E-state index in [4.69, 9.17) is 4.84 Å². The van der Waals surface area contributed by atoms with Gasteiger partial charge in [-0.2, -0.15) is 0 Å². The lowest BCUT2D eigenvalue weighted by molar-refractivity contribution is -0.174. The molecular weight excluding hydrogens is 396 g/mol. The number of benzene rings is 1. The highest BCUT2D eigenvalue weighted by molar-refractivity contribution is 6.01. The lowest BCUT2D eigenvalue weighted by Gasteiger charge is -2.34. The van der Waals surface area contributed by atoms with E-state index in [1.165, 1.54) is 27.2 Å². The van der Waals surface area contributed by atoms with Gasteiger partial charge < -0.3 is 9.74 Å². The summed E-state index contributed by atoms with van der Waals surface area (Å²) in [6, 6.07) is 8.54. The Morgan fingerprint density at radius 3 is 2.35 bits per heavy atom. The van der Waals surface area contributed by atoms with Crippen LogP contribution >= 0.6 is 0 Å². The zero-order valence-electron chi connectivity index (χ0n) is 17.8. The number of carbonyl (C=O) groups is 3. The number of piperazine rings is 1. The highest BCUT2D eigenvalue weighted by Gasteiger charge is 2.34. The molecule has 0 radical (unpaired) electrons. The highest BCUT2D eigenvalue weighted by Crippen LogP contribution is 2.25. The Kier molecular flexibility index (Phi) is 5.99. The van der Waals surface area contributed by atoms with Gasteiger partial charge in [-0.25, -0.2) is 4.79 Å². The first-order valence-electron chi connectivity index (χ1n) is 10.5. The van der Waals surface area contributed by atoms with Crippen molar-refractivity contribution in [2.45, 2.75) is 33.2 Å². The predicted molar refractivity (Wildman–Crippen MR) is 114 cm³/mol. The Balaban J connectivity index is 1.33. The van der Waals surface area contributed by atoms with Gasteiger partial charge in [0.05, 0.1) is 0 Å².